The Morgan fingerprint density at radius 3 is 2.82 bits per heavy atom. The van der Waals surface area contributed by atoms with Gasteiger partial charge in [-0.15, -0.1) is 0 Å². The molecule has 0 unspecified atom stereocenters. The number of aliphatic hydroxyl groups excluding tert-OH is 1. The molecule has 3 rings (SSSR count). The number of pyridine rings is 1. The summed E-state index contributed by atoms with van der Waals surface area (Å²) in [4.78, 5) is 4.37. The lowest BCUT2D eigenvalue weighted by Crippen LogP contribution is -1.98. The van der Waals surface area contributed by atoms with E-state index < -0.39 is 0 Å². The fourth-order valence-corrected chi connectivity index (χ4v) is 1.85. The molecule has 0 aliphatic rings. The van der Waals surface area contributed by atoms with E-state index in [0.29, 0.717) is 5.69 Å². The summed E-state index contributed by atoms with van der Waals surface area (Å²) < 4.78 is 1.74. The molecular formula is C13H11N3O. The summed E-state index contributed by atoms with van der Waals surface area (Å²) in [7, 11) is 0. The summed E-state index contributed by atoms with van der Waals surface area (Å²) >= 11 is 0. The Bertz CT molecular complexity index is 655. The standard InChI is InChI=1S/C13H11N3O/c17-9-11-6-8-16(15-11)12-5-1-3-10-4-2-7-14-13(10)12/h1-8,17H,9H2. The molecule has 0 spiro atoms. The molecule has 1 N–H and O–H groups in total. The minimum absolute atomic E-state index is 0.0504. The lowest BCUT2D eigenvalue weighted by Gasteiger charge is -2.05. The molecule has 2 heterocycles. The average Bonchev–Trinajstić information content (AvgIpc) is 2.87. The summed E-state index contributed by atoms with van der Waals surface area (Å²) in [6.07, 6.45) is 3.59. The second kappa shape index (κ2) is 3.99. The van der Waals surface area contributed by atoms with Crippen molar-refractivity contribution in [3.05, 3.63) is 54.5 Å². The number of para-hydroxylation sites is 1. The average molecular weight is 225 g/mol. The minimum atomic E-state index is -0.0504. The van der Waals surface area contributed by atoms with Crippen molar-refractivity contribution in [2.75, 3.05) is 0 Å². The van der Waals surface area contributed by atoms with Crippen LogP contribution in [0.4, 0.5) is 0 Å². The highest BCUT2D eigenvalue weighted by atomic mass is 16.3. The van der Waals surface area contributed by atoms with Crippen LogP contribution in [0.2, 0.25) is 0 Å². The second-order valence-electron chi connectivity index (χ2n) is 3.76. The summed E-state index contributed by atoms with van der Waals surface area (Å²) in [5, 5.41) is 14.4. The van der Waals surface area contributed by atoms with Gasteiger partial charge in [-0.1, -0.05) is 18.2 Å². The van der Waals surface area contributed by atoms with Gasteiger partial charge in [0.15, 0.2) is 0 Å². The molecule has 0 bridgehead atoms. The van der Waals surface area contributed by atoms with Crippen LogP contribution in [0.15, 0.2) is 48.8 Å². The van der Waals surface area contributed by atoms with Gasteiger partial charge in [0.1, 0.15) is 0 Å². The van der Waals surface area contributed by atoms with Gasteiger partial charge in [-0.05, 0) is 18.2 Å². The molecule has 0 saturated carbocycles. The molecule has 17 heavy (non-hydrogen) atoms. The van der Waals surface area contributed by atoms with Crippen LogP contribution in [0.5, 0.6) is 0 Å². The van der Waals surface area contributed by atoms with Crippen molar-refractivity contribution in [1.29, 1.82) is 0 Å². The molecule has 0 atom stereocenters. The normalized spacial score (nSPS) is 10.9. The first-order valence-electron chi connectivity index (χ1n) is 5.38. The van der Waals surface area contributed by atoms with Gasteiger partial charge in [-0.2, -0.15) is 5.10 Å². The molecular weight excluding hydrogens is 214 g/mol. The number of hydrogen-bond acceptors (Lipinski definition) is 3. The number of aliphatic hydroxyl groups is 1. The van der Waals surface area contributed by atoms with Gasteiger partial charge >= 0.3 is 0 Å². The van der Waals surface area contributed by atoms with E-state index in [1.165, 1.54) is 0 Å². The molecule has 0 aliphatic carbocycles. The topological polar surface area (TPSA) is 50.9 Å². The highest BCUT2D eigenvalue weighted by molar-refractivity contribution is 5.86. The van der Waals surface area contributed by atoms with Crippen LogP contribution in [-0.2, 0) is 6.61 Å². The van der Waals surface area contributed by atoms with Gasteiger partial charge in [-0.25, -0.2) is 4.68 Å². The molecule has 4 nitrogen and oxygen atoms in total. The zero-order valence-corrected chi connectivity index (χ0v) is 9.11. The number of aromatic nitrogens is 3. The molecule has 0 radical (unpaired) electrons. The number of fused-ring (bicyclic) bond motifs is 1. The highest BCUT2D eigenvalue weighted by Gasteiger charge is 2.05. The van der Waals surface area contributed by atoms with Crippen molar-refractivity contribution in [2.24, 2.45) is 0 Å². The molecule has 0 aliphatic heterocycles. The van der Waals surface area contributed by atoms with E-state index >= 15 is 0 Å². The monoisotopic (exact) mass is 225 g/mol. The minimum Gasteiger partial charge on any atom is -0.390 e. The second-order valence-corrected chi connectivity index (χ2v) is 3.76. The van der Waals surface area contributed by atoms with E-state index in [1.807, 2.05) is 36.5 Å². The van der Waals surface area contributed by atoms with Gasteiger partial charge in [-0.3, -0.25) is 4.98 Å². The SMILES string of the molecule is OCc1ccn(-c2cccc3cccnc23)n1. The van der Waals surface area contributed by atoms with Crippen LogP contribution in [0.3, 0.4) is 0 Å². The van der Waals surface area contributed by atoms with Crippen LogP contribution in [0, 0.1) is 0 Å². The van der Waals surface area contributed by atoms with Crippen LogP contribution < -0.4 is 0 Å². The largest absolute Gasteiger partial charge is 0.390 e. The fourth-order valence-electron chi connectivity index (χ4n) is 1.85. The molecule has 0 fully saturated rings. The first kappa shape index (κ1) is 9.99. The van der Waals surface area contributed by atoms with Crippen LogP contribution in [-0.4, -0.2) is 19.9 Å². The van der Waals surface area contributed by atoms with E-state index in [4.69, 9.17) is 5.11 Å². The number of nitrogens with zero attached hydrogens (tertiary/aromatic N) is 3. The molecule has 3 aromatic rings. The predicted molar refractivity (Wildman–Crippen MR) is 64.8 cm³/mol. The quantitative estimate of drug-likeness (QED) is 0.724. The van der Waals surface area contributed by atoms with Crippen molar-refractivity contribution in [3.63, 3.8) is 0 Å². The van der Waals surface area contributed by atoms with Crippen LogP contribution >= 0.6 is 0 Å². The Balaban J connectivity index is 2.23. The lowest BCUT2D eigenvalue weighted by atomic mass is 10.2. The zero-order chi connectivity index (χ0) is 11.7. The van der Waals surface area contributed by atoms with Gasteiger partial charge in [0.2, 0.25) is 0 Å². The lowest BCUT2D eigenvalue weighted by molar-refractivity contribution is 0.276. The summed E-state index contributed by atoms with van der Waals surface area (Å²) in [5.74, 6) is 0. The first-order valence-corrected chi connectivity index (χ1v) is 5.38. The van der Waals surface area contributed by atoms with E-state index in [-0.39, 0.29) is 6.61 Å². The van der Waals surface area contributed by atoms with Gasteiger partial charge in [0.25, 0.3) is 0 Å². The van der Waals surface area contributed by atoms with E-state index in [9.17, 15) is 0 Å². The third-order valence-corrected chi connectivity index (χ3v) is 2.66. The maximum absolute atomic E-state index is 9.02. The molecule has 4 heteroatoms. The third-order valence-electron chi connectivity index (χ3n) is 2.66. The molecule has 2 aromatic heterocycles. The number of benzene rings is 1. The Hall–Kier alpha value is -2.20. The summed E-state index contributed by atoms with van der Waals surface area (Å²) in [6, 6.07) is 11.7. The number of hydrogen-bond donors (Lipinski definition) is 1. The van der Waals surface area contributed by atoms with Crippen LogP contribution in [0.1, 0.15) is 5.69 Å². The molecule has 1 aromatic carbocycles. The Morgan fingerprint density at radius 2 is 2.00 bits per heavy atom. The highest BCUT2D eigenvalue weighted by Crippen LogP contribution is 2.19. The Morgan fingerprint density at radius 1 is 1.12 bits per heavy atom. The smallest absolute Gasteiger partial charge is 0.0958 e. The van der Waals surface area contributed by atoms with Crippen molar-refractivity contribution in [3.8, 4) is 5.69 Å². The maximum atomic E-state index is 9.02. The van der Waals surface area contributed by atoms with E-state index in [1.54, 1.807) is 16.9 Å². The van der Waals surface area contributed by atoms with Crippen molar-refractivity contribution < 1.29 is 5.11 Å². The molecule has 0 saturated heterocycles. The van der Waals surface area contributed by atoms with Gasteiger partial charge < -0.3 is 5.11 Å². The Kier molecular flexibility index (Phi) is 2.34. The van der Waals surface area contributed by atoms with E-state index in [0.717, 1.165) is 16.6 Å². The maximum Gasteiger partial charge on any atom is 0.0958 e. The van der Waals surface area contributed by atoms with Crippen LogP contribution in [0.25, 0.3) is 16.6 Å². The Labute approximate surface area is 98.2 Å². The fraction of sp³-hybridized carbons (Fsp3) is 0.0769. The van der Waals surface area contributed by atoms with Crippen molar-refractivity contribution in [2.45, 2.75) is 6.61 Å². The summed E-state index contributed by atoms with van der Waals surface area (Å²) in [6.45, 7) is -0.0504. The summed E-state index contributed by atoms with van der Waals surface area (Å²) in [5.41, 5.74) is 2.48. The van der Waals surface area contributed by atoms with Crippen molar-refractivity contribution in [1.82, 2.24) is 14.8 Å². The molecule has 84 valence electrons. The zero-order valence-electron chi connectivity index (χ0n) is 9.11. The van der Waals surface area contributed by atoms with E-state index in [2.05, 4.69) is 10.1 Å². The van der Waals surface area contributed by atoms with Crippen molar-refractivity contribution >= 4 is 10.9 Å². The van der Waals surface area contributed by atoms with Gasteiger partial charge in [0.05, 0.1) is 23.5 Å². The molecule has 0 amide bonds. The van der Waals surface area contributed by atoms with Gasteiger partial charge in [0, 0.05) is 17.8 Å². The first-order chi connectivity index (χ1) is 8.38. The third kappa shape index (κ3) is 1.68. The number of rotatable bonds is 2. The predicted octanol–water partition coefficient (Wildman–Crippen LogP) is 1.91.